The van der Waals surface area contributed by atoms with Crippen molar-refractivity contribution in [2.75, 3.05) is 19.6 Å². The van der Waals surface area contributed by atoms with Crippen molar-refractivity contribution in [3.8, 4) is 0 Å². The number of hydrogen-bond acceptors (Lipinski definition) is 3. The van der Waals surface area contributed by atoms with E-state index in [1.54, 1.807) is 6.33 Å². The summed E-state index contributed by atoms with van der Waals surface area (Å²) in [5, 5.41) is 0. The summed E-state index contributed by atoms with van der Waals surface area (Å²) >= 11 is 0. The first-order valence-electron chi connectivity index (χ1n) is 5.52. The van der Waals surface area contributed by atoms with Crippen LogP contribution in [0.1, 0.15) is 24.8 Å². The zero-order chi connectivity index (χ0) is 10.5. The zero-order valence-corrected chi connectivity index (χ0v) is 9.02. The lowest BCUT2D eigenvalue weighted by atomic mass is 10.1. The van der Waals surface area contributed by atoms with E-state index in [1.807, 2.05) is 12.4 Å². The van der Waals surface area contributed by atoms with Crippen molar-refractivity contribution in [1.82, 2.24) is 14.9 Å². The van der Waals surface area contributed by atoms with Gasteiger partial charge in [-0.1, -0.05) is 13.0 Å². The van der Waals surface area contributed by atoms with E-state index < -0.39 is 0 Å². The van der Waals surface area contributed by atoms with Crippen LogP contribution in [0.3, 0.4) is 0 Å². The molecular weight excluding hydrogens is 186 g/mol. The van der Waals surface area contributed by atoms with Gasteiger partial charge < -0.3 is 0 Å². The molecule has 0 radical (unpaired) electrons. The molecule has 0 unspecified atom stereocenters. The fraction of sp³-hybridized carbons (Fsp3) is 0.500. The maximum absolute atomic E-state index is 4.10. The lowest BCUT2D eigenvalue weighted by molar-refractivity contribution is 0.255. The summed E-state index contributed by atoms with van der Waals surface area (Å²) in [7, 11) is 0. The second kappa shape index (κ2) is 5.03. The molecule has 0 atom stereocenters. The van der Waals surface area contributed by atoms with Crippen molar-refractivity contribution in [3.05, 3.63) is 30.9 Å². The predicted molar refractivity (Wildman–Crippen MR) is 61.4 cm³/mol. The van der Waals surface area contributed by atoms with Crippen LogP contribution in [-0.2, 0) is 0 Å². The normalized spacial score (nSPS) is 17.6. The predicted octanol–water partition coefficient (Wildman–Crippen LogP) is 1.98. The van der Waals surface area contributed by atoms with Gasteiger partial charge in [-0.2, -0.15) is 0 Å². The van der Waals surface area contributed by atoms with Gasteiger partial charge in [0.2, 0.25) is 0 Å². The molecule has 0 N–H and O–H groups in total. The van der Waals surface area contributed by atoms with Crippen molar-refractivity contribution in [2.45, 2.75) is 19.3 Å². The molecule has 0 saturated carbocycles. The zero-order valence-electron chi connectivity index (χ0n) is 9.02. The van der Waals surface area contributed by atoms with Crippen LogP contribution in [-0.4, -0.2) is 34.5 Å². The van der Waals surface area contributed by atoms with Crippen molar-refractivity contribution in [1.29, 1.82) is 0 Å². The molecule has 0 aliphatic carbocycles. The van der Waals surface area contributed by atoms with Crippen molar-refractivity contribution < 1.29 is 0 Å². The third kappa shape index (κ3) is 2.86. The van der Waals surface area contributed by atoms with E-state index in [4.69, 9.17) is 0 Å². The molecule has 2 rings (SSSR count). The van der Waals surface area contributed by atoms with E-state index >= 15 is 0 Å². The Labute approximate surface area is 90.9 Å². The molecular formula is C12H17N3. The Bertz CT molecular complexity index is 315. The van der Waals surface area contributed by atoms with Gasteiger partial charge in [-0.25, -0.2) is 9.97 Å². The minimum absolute atomic E-state index is 0.952. The van der Waals surface area contributed by atoms with Crippen LogP contribution in [0.2, 0.25) is 0 Å². The van der Waals surface area contributed by atoms with Gasteiger partial charge in [-0.05, 0) is 31.5 Å². The van der Waals surface area contributed by atoms with E-state index in [0.717, 1.165) is 17.7 Å². The number of hydrogen-bond donors (Lipinski definition) is 0. The molecule has 3 nitrogen and oxygen atoms in total. The van der Waals surface area contributed by atoms with Crippen LogP contribution in [0.4, 0.5) is 0 Å². The van der Waals surface area contributed by atoms with Crippen LogP contribution in [0, 0.1) is 0 Å². The Hall–Kier alpha value is -1.22. The number of likely N-dealkylation sites (tertiary alicyclic amines) is 1. The van der Waals surface area contributed by atoms with Gasteiger partial charge in [0.05, 0.1) is 0 Å². The summed E-state index contributed by atoms with van der Waals surface area (Å²) in [6.07, 6.45) is 9.23. The number of rotatable bonds is 3. The Balaban J connectivity index is 1.91. The van der Waals surface area contributed by atoms with Gasteiger partial charge in [0.15, 0.2) is 0 Å². The fourth-order valence-corrected chi connectivity index (χ4v) is 1.96. The first-order chi connectivity index (χ1) is 7.36. The van der Waals surface area contributed by atoms with E-state index in [2.05, 4.69) is 21.4 Å². The van der Waals surface area contributed by atoms with Crippen LogP contribution >= 0.6 is 0 Å². The minimum atomic E-state index is 0.952. The van der Waals surface area contributed by atoms with E-state index in [1.165, 1.54) is 32.4 Å². The second-order valence-electron chi connectivity index (χ2n) is 4.07. The monoisotopic (exact) mass is 203 g/mol. The van der Waals surface area contributed by atoms with Crippen molar-refractivity contribution in [3.63, 3.8) is 0 Å². The number of piperidine rings is 1. The van der Waals surface area contributed by atoms with Crippen LogP contribution < -0.4 is 0 Å². The highest BCUT2D eigenvalue weighted by molar-refractivity contribution is 5.63. The van der Waals surface area contributed by atoms with Gasteiger partial charge in [0.25, 0.3) is 0 Å². The molecule has 1 aromatic rings. The Morgan fingerprint density at radius 3 is 2.53 bits per heavy atom. The molecule has 2 heterocycles. The molecule has 3 heteroatoms. The Morgan fingerprint density at radius 1 is 1.20 bits per heavy atom. The summed E-state index contributed by atoms with van der Waals surface area (Å²) in [5.74, 6) is 0. The highest BCUT2D eigenvalue weighted by atomic mass is 15.1. The maximum atomic E-state index is 4.10. The Kier molecular flexibility index (Phi) is 3.45. The standard InChI is InChI=1S/C12H17N3/c1-11(12-7-13-10-14-8-12)9-15-5-3-2-4-6-15/h7-8,10H,1-6,9H2. The minimum Gasteiger partial charge on any atom is -0.299 e. The van der Waals surface area contributed by atoms with Gasteiger partial charge >= 0.3 is 0 Å². The summed E-state index contributed by atoms with van der Waals surface area (Å²) in [6.45, 7) is 7.45. The molecule has 1 aromatic heterocycles. The molecule has 1 fully saturated rings. The van der Waals surface area contributed by atoms with Crippen molar-refractivity contribution in [2.24, 2.45) is 0 Å². The topological polar surface area (TPSA) is 29.0 Å². The Morgan fingerprint density at radius 2 is 1.87 bits per heavy atom. The van der Waals surface area contributed by atoms with Gasteiger partial charge in [0, 0.05) is 24.5 Å². The first-order valence-corrected chi connectivity index (χ1v) is 5.52. The molecule has 1 aliphatic heterocycles. The van der Waals surface area contributed by atoms with E-state index in [0.29, 0.717) is 0 Å². The van der Waals surface area contributed by atoms with E-state index in [-0.39, 0.29) is 0 Å². The summed E-state index contributed by atoms with van der Waals surface area (Å²) in [5.41, 5.74) is 2.18. The molecule has 1 saturated heterocycles. The SMILES string of the molecule is C=C(CN1CCCCC1)c1cncnc1. The molecule has 1 aliphatic rings. The first kappa shape index (κ1) is 10.3. The molecule has 0 amide bonds. The average Bonchev–Trinajstić information content (AvgIpc) is 2.31. The highest BCUT2D eigenvalue weighted by Gasteiger charge is 2.11. The maximum Gasteiger partial charge on any atom is 0.115 e. The summed E-state index contributed by atoms with van der Waals surface area (Å²) in [4.78, 5) is 10.5. The van der Waals surface area contributed by atoms with Gasteiger partial charge in [-0.3, -0.25) is 4.90 Å². The van der Waals surface area contributed by atoms with Gasteiger partial charge in [-0.15, -0.1) is 0 Å². The molecule has 80 valence electrons. The second-order valence-corrected chi connectivity index (χ2v) is 4.07. The average molecular weight is 203 g/mol. The van der Waals surface area contributed by atoms with Gasteiger partial charge in [0.1, 0.15) is 6.33 Å². The fourth-order valence-electron chi connectivity index (χ4n) is 1.96. The lowest BCUT2D eigenvalue weighted by Gasteiger charge is -2.27. The lowest BCUT2D eigenvalue weighted by Crippen LogP contribution is -2.30. The highest BCUT2D eigenvalue weighted by Crippen LogP contribution is 2.15. The van der Waals surface area contributed by atoms with Crippen LogP contribution in [0.15, 0.2) is 25.3 Å². The van der Waals surface area contributed by atoms with Crippen molar-refractivity contribution >= 4 is 5.57 Å². The number of nitrogens with zero attached hydrogens (tertiary/aromatic N) is 3. The quantitative estimate of drug-likeness (QED) is 0.752. The smallest absolute Gasteiger partial charge is 0.115 e. The molecule has 15 heavy (non-hydrogen) atoms. The molecule has 0 aromatic carbocycles. The number of aromatic nitrogens is 2. The molecule has 0 bridgehead atoms. The third-order valence-electron chi connectivity index (χ3n) is 2.83. The largest absolute Gasteiger partial charge is 0.299 e. The third-order valence-corrected chi connectivity index (χ3v) is 2.83. The van der Waals surface area contributed by atoms with E-state index in [9.17, 15) is 0 Å². The van der Waals surface area contributed by atoms with Crippen LogP contribution in [0.5, 0.6) is 0 Å². The summed E-state index contributed by atoms with van der Waals surface area (Å²) < 4.78 is 0. The van der Waals surface area contributed by atoms with Crippen LogP contribution in [0.25, 0.3) is 5.57 Å². The summed E-state index contributed by atoms with van der Waals surface area (Å²) in [6, 6.07) is 0. The molecule has 0 spiro atoms.